The van der Waals surface area contributed by atoms with Crippen molar-refractivity contribution in [2.75, 3.05) is 31.1 Å². The van der Waals surface area contributed by atoms with Crippen LogP contribution in [0.4, 0.5) is 19.0 Å². The van der Waals surface area contributed by atoms with Gasteiger partial charge in [-0.1, -0.05) is 0 Å². The number of pyridine rings is 2. The Labute approximate surface area is 132 Å². The van der Waals surface area contributed by atoms with E-state index in [1.807, 2.05) is 17.0 Å². The molecule has 0 aliphatic carbocycles. The first kappa shape index (κ1) is 15.7. The number of nitrogens with zero attached hydrogens (tertiary/aromatic N) is 4. The van der Waals surface area contributed by atoms with Gasteiger partial charge in [-0.25, -0.2) is 4.98 Å². The smallest absolute Gasteiger partial charge is 0.354 e. The molecule has 122 valence electrons. The van der Waals surface area contributed by atoms with Crippen LogP contribution in [-0.4, -0.2) is 41.0 Å². The summed E-state index contributed by atoms with van der Waals surface area (Å²) in [5, 5.41) is 0. The molecule has 0 unspecified atom stereocenters. The predicted octanol–water partition coefficient (Wildman–Crippen LogP) is 2.82. The number of piperazine rings is 1. The quantitative estimate of drug-likeness (QED) is 0.870. The van der Waals surface area contributed by atoms with E-state index < -0.39 is 11.7 Å². The van der Waals surface area contributed by atoms with E-state index in [0.717, 1.165) is 45.0 Å². The van der Waals surface area contributed by atoms with Crippen molar-refractivity contribution in [1.29, 1.82) is 0 Å². The molecule has 0 N–H and O–H groups in total. The van der Waals surface area contributed by atoms with E-state index in [9.17, 15) is 13.2 Å². The van der Waals surface area contributed by atoms with Crippen molar-refractivity contribution in [2.24, 2.45) is 0 Å². The van der Waals surface area contributed by atoms with Gasteiger partial charge in [-0.2, -0.15) is 13.2 Å². The molecule has 23 heavy (non-hydrogen) atoms. The van der Waals surface area contributed by atoms with Crippen molar-refractivity contribution in [2.45, 2.75) is 12.7 Å². The average Bonchev–Trinajstić information content (AvgIpc) is 2.56. The third-order valence-electron chi connectivity index (χ3n) is 3.93. The number of hydrogen-bond acceptors (Lipinski definition) is 4. The molecule has 3 rings (SSSR count). The highest BCUT2D eigenvalue weighted by atomic mass is 19.4. The molecule has 2 aromatic rings. The minimum atomic E-state index is -4.34. The fourth-order valence-corrected chi connectivity index (χ4v) is 2.62. The van der Waals surface area contributed by atoms with Gasteiger partial charge in [0.15, 0.2) is 0 Å². The van der Waals surface area contributed by atoms with E-state index in [0.29, 0.717) is 5.82 Å². The number of aromatic nitrogens is 2. The Hall–Kier alpha value is -2.15. The summed E-state index contributed by atoms with van der Waals surface area (Å²) >= 11 is 0. The van der Waals surface area contributed by atoms with Gasteiger partial charge >= 0.3 is 6.18 Å². The second kappa shape index (κ2) is 6.54. The van der Waals surface area contributed by atoms with Crippen molar-refractivity contribution >= 4 is 5.82 Å². The summed E-state index contributed by atoms with van der Waals surface area (Å²) in [7, 11) is 0. The molecule has 0 amide bonds. The topological polar surface area (TPSA) is 32.3 Å². The maximum absolute atomic E-state index is 12.6. The molecule has 0 aromatic carbocycles. The van der Waals surface area contributed by atoms with Gasteiger partial charge in [0, 0.05) is 51.3 Å². The summed E-state index contributed by atoms with van der Waals surface area (Å²) in [5.74, 6) is 0.599. The number of hydrogen-bond donors (Lipinski definition) is 0. The zero-order valence-electron chi connectivity index (χ0n) is 12.5. The van der Waals surface area contributed by atoms with Crippen LogP contribution >= 0.6 is 0 Å². The molecule has 0 spiro atoms. The van der Waals surface area contributed by atoms with Gasteiger partial charge in [-0.05, 0) is 29.8 Å². The van der Waals surface area contributed by atoms with Gasteiger partial charge < -0.3 is 4.90 Å². The highest BCUT2D eigenvalue weighted by molar-refractivity contribution is 5.40. The van der Waals surface area contributed by atoms with Gasteiger partial charge in [-0.3, -0.25) is 9.88 Å². The van der Waals surface area contributed by atoms with Crippen LogP contribution in [0.2, 0.25) is 0 Å². The molecule has 1 saturated heterocycles. The standard InChI is InChI=1S/C16H17F3N4/c17-16(18,19)14-1-2-15(21-11-14)23-9-7-22(8-10-23)12-13-3-5-20-6-4-13/h1-6,11H,7-10,12H2. The molecule has 4 nitrogen and oxygen atoms in total. The van der Waals surface area contributed by atoms with Gasteiger partial charge in [0.2, 0.25) is 0 Å². The maximum atomic E-state index is 12.6. The maximum Gasteiger partial charge on any atom is 0.417 e. The van der Waals surface area contributed by atoms with Crippen LogP contribution in [0.25, 0.3) is 0 Å². The fraction of sp³-hybridized carbons (Fsp3) is 0.375. The van der Waals surface area contributed by atoms with Crippen LogP contribution in [-0.2, 0) is 12.7 Å². The van der Waals surface area contributed by atoms with E-state index in [4.69, 9.17) is 0 Å². The zero-order chi connectivity index (χ0) is 16.3. The Bertz CT molecular complexity index is 620. The molecule has 1 aliphatic rings. The Balaban J connectivity index is 1.56. The highest BCUT2D eigenvalue weighted by Crippen LogP contribution is 2.29. The van der Waals surface area contributed by atoms with Crippen LogP contribution in [0.3, 0.4) is 0 Å². The molecular weight excluding hydrogens is 305 g/mol. The Morgan fingerprint density at radius 2 is 1.65 bits per heavy atom. The Kier molecular flexibility index (Phi) is 4.47. The van der Waals surface area contributed by atoms with Gasteiger partial charge in [-0.15, -0.1) is 0 Å². The first-order chi connectivity index (χ1) is 11.0. The number of rotatable bonds is 3. The monoisotopic (exact) mass is 322 g/mol. The SMILES string of the molecule is FC(F)(F)c1ccc(N2CCN(Cc3ccncc3)CC2)nc1. The van der Waals surface area contributed by atoms with Crippen LogP contribution in [0.1, 0.15) is 11.1 Å². The lowest BCUT2D eigenvalue weighted by molar-refractivity contribution is -0.137. The molecule has 2 aromatic heterocycles. The summed E-state index contributed by atoms with van der Waals surface area (Å²) in [5.41, 5.74) is 0.499. The lowest BCUT2D eigenvalue weighted by atomic mass is 10.2. The van der Waals surface area contributed by atoms with E-state index in [2.05, 4.69) is 14.9 Å². The number of alkyl halides is 3. The predicted molar refractivity (Wildman–Crippen MR) is 81.0 cm³/mol. The largest absolute Gasteiger partial charge is 0.417 e. The normalized spacial score (nSPS) is 16.6. The zero-order valence-corrected chi connectivity index (χ0v) is 12.5. The average molecular weight is 322 g/mol. The third-order valence-corrected chi connectivity index (χ3v) is 3.93. The minimum absolute atomic E-state index is 0.599. The van der Waals surface area contributed by atoms with Gasteiger partial charge in [0.25, 0.3) is 0 Å². The summed E-state index contributed by atoms with van der Waals surface area (Å²) in [6.07, 6.45) is 0.114. The van der Waals surface area contributed by atoms with E-state index in [1.165, 1.54) is 11.6 Å². The molecule has 3 heterocycles. The van der Waals surface area contributed by atoms with Gasteiger partial charge in [0.1, 0.15) is 5.82 Å². The lowest BCUT2D eigenvalue weighted by Crippen LogP contribution is -2.46. The van der Waals surface area contributed by atoms with Gasteiger partial charge in [0.05, 0.1) is 5.56 Å². The van der Waals surface area contributed by atoms with Crippen LogP contribution < -0.4 is 4.90 Å². The van der Waals surface area contributed by atoms with Crippen molar-refractivity contribution in [3.8, 4) is 0 Å². The van der Waals surface area contributed by atoms with Crippen molar-refractivity contribution in [1.82, 2.24) is 14.9 Å². The second-order valence-corrected chi connectivity index (χ2v) is 5.52. The molecule has 1 aliphatic heterocycles. The molecular formula is C16H17F3N4. The Morgan fingerprint density at radius 1 is 0.957 bits per heavy atom. The third kappa shape index (κ3) is 3.98. The van der Waals surface area contributed by atoms with Crippen LogP contribution in [0.15, 0.2) is 42.9 Å². The summed E-state index contributed by atoms with van der Waals surface area (Å²) in [6.45, 7) is 4.07. The first-order valence-electron chi connectivity index (χ1n) is 7.42. The van der Waals surface area contributed by atoms with Crippen molar-refractivity contribution in [3.63, 3.8) is 0 Å². The van der Waals surface area contributed by atoms with Crippen molar-refractivity contribution < 1.29 is 13.2 Å². The number of halogens is 3. The molecule has 0 bridgehead atoms. The van der Waals surface area contributed by atoms with E-state index >= 15 is 0 Å². The first-order valence-corrected chi connectivity index (χ1v) is 7.42. The molecule has 0 saturated carbocycles. The minimum Gasteiger partial charge on any atom is -0.354 e. The summed E-state index contributed by atoms with van der Waals surface area (Å²) in [6, 6.07) is 6.51. The van der Waals surface area contributed by atoms with E-state index in [-0.39, 0.29) is 0 Å². The highest BCUT2D eigenvalue weighted by Gasteiger charge is 2.31. The summed E-state index contributed by atoms with van der Waals surface area (Å²) in [4.78, 5) is 12.3. The lowest BCUT2D eigenvalue weighted by Gasteiger charge is -2.35. The van der Waals surface area contributed by atoms with E-state index in [1.54, 1.807) is 12.4 Å². The van der Waals surface area contributed by atoms with Crippen LogP contribution in [0, 0.1) is 0 Å². The molecule has 0 radical (unpaired) electrons. The van der Waals surface area contributed by atoms with Crippen LogP contribution in [0.5, 0.6) is 0 Å². The van der Waals surface area contributed by atoms with Crippen molar-refractivity contribution in [3.05, 3.63) is 54.0 Å². The second-order valence-electron chi connectivity index (χ2n) is 5.52. The summed E-state index contributed by atoms with van der Waals surface area (Å²) < 4.78 is 37.7. The molecule has 7 heteroatoms. The Morgan fingerprint density at radius 3 is 2.22 bits per heavy atom. The molecule has 0 atom stereocenters. The number of anilines is 1. The fourth-order valence-electron chi connectivity index (χ4n) is 2.62. The molecule has 1 fully saturated rings.